The SMILES string of the molecule is COCc1nc(C(C)C)c(-c2nc(=S)[nH][nH]2)s1. The van der Waals surface area contributed by atoms with E-state index in [1.807, 2.05) is 0 Å². The molecule has 2 heterocycles. The molecule has 17 heavy (non-hydrogen) atoms. The van der Waals surface area contributed by atoms with E-state index in [0.717, 1.165) is 21.4 Å². The van der Waals surface area contributed by atoms with E-state index < -0.39 is 0 Å². The van der Waals surface area contributed by atoms with E-state index >= 15 is 0 Å². The molecule has 0 radical (unpaired) electrons. The largest absolute Gasteiger partial charge is 0.378 e. The number of hydrogen-bond acceptors (Lipinski definition) is 5. The highest BCUT2D eigenvalue weighted by atomic mass is 32.1. The average Bonchev–Trinajstić information content (AvgIpc) is 2.84. The number of H-pyrrole nitrogens is 2. The van der Waals surface area contributed by atoms with Crippen LogP contribution in [0.25, 0.3) is 10.7 Å². The summed E-state index contributed by atoms with van der Waals surface area (Å²) >= 11 is 6.54. The maximum atomic E-state index is 5.11. The third-order valence-electron chi connectivity index (χ3n) is 2.23. The van der Waals surface area contributed by atoms with Crippen LogP contribution >= 0.6 is 23.6 Å². The quantitative estimate of drug-likeness (QED) is 0.838. The van der Waals surface area contributed by atoms with Crippen LogP contribution in [0.1, 0.15) is 30.5 Å². The lowest BCUT2D eigenvalue weighted by Gasteiger charge is -2.01. The zero-order chi connectivity index (χ0) is 12.4. The van der Waals surface area contributed by atoms with Crippen molar-refractivity contribution in [3.8, 4) is 10.7 Å². The molecule has 0 saturated carbocycles. The summed E-state index contributed by atoms with van der Waals surface area (Å²) in [6.07, 6.45) is 0. The molecule has 0 bridgehead atoms. The van der Waals surface area contributed by atoms with E-state index in [4.69, 9.17) is 17.0 Å². The van der Waals surface area contributed by atoms with Gasteiger partial charge >= 0.3 is 0 Å². The first kappa shape index (κ1) is 12.4. The van der Waals surface area contributed by atoms with Crippen molar-refractivity contribution in [2.75, 3.05) is 7.11 Å². The highest BCUT2D eigenvalue weighted by Crippen LogP contribution is 2.32. The molecular weight excluding hydrogens is 256 g/mol. The van der Waals surface area contributed by atoms with Crippen molar-refractivity contribution in [3.63, 3.8) is 0 Å². The number of rotatable bonds is 4. The molecule has 0 aliphatic rings. The minimum atomic E-state index is 0.338. The number of nitrogens with one attached hydrogen (secondary N) is 2. The van der Waals surface area contributed by atoms with Gasteiger partial charge in [0.15, 0.2) is 5.82 Å². The van der Waals surface area contributed by atoms with E-state index in [-0.39, 0.29) is 0 Å². The van der Waals surface area contributed by atoms with Gasteiger partial charge in [-0.05, 0) is 18.1 Å². The number of nitrogens with zero attached hydrogens (tertiary/aromatic N) is 2. The van der Waals surface area contributed by atoms with Crippen LogP contribution in [0, 0.1) is 4.77 Å². The fourth-order valence-corrected chi connectivity index (χ4v) is 2.78. The fourth-order valence-electron chi connectivity index (χ4n) is 1.50. The molecule has 0 fully saturated rings. The van der Waals surface area contributed by atoms with Gasteiger partial charge < -0.3 is 4.74 Å². The molecule has 0 aliphatic carbocycles. The first-order valence-electron chi connectivity index (χ1n) is 5.25. The van der Waals surface area contributed by atoms with Crippen molar-refractivity contribution in [1.29, 1.82) is 0 Å². The molecule has 2 aromatic heterocycles. The van der Waals surface area contributed by atoms with Crippen LogP contribution in [0.15, 0.2) is 0 Å². The summed E-state index contributed by atoms with van der Waals surface area (Å²) < 4.78 is 5.56. The second-order valence-electron chi connectivity index (χ2n) is 3.93. The topological polar surface area (TPSA) is 66.6 Å². The van der Waals surface area contributed by atoms with Crippen LogP contribution in [-0.4, -0.2) is 27.3 Å². The molecule has 2 N–H and O–H groups in total. The first-order chi connectivity index (χ1) is 8.11. The van der Waals surface area contributed by atoms with Crippen LogP contribution in [0.2, 0.25) is 0 Å². The number of ether oxygens (including phenoxy) is 1. The van der Waals surface area contributed by atoms with E-state index in [0.29, 0.717) is 17.3 Å². The minimum Gasteiger partial charge on any atom is -0.378 e. The monoisotopic (exact) mass is 270 g/mol. The van der Waals surface area contributed by atoms with E-state index in [9.17, 15) is 0 Å². The zero-order valence-corrected chi connectivity index (χ0v) is 11.5. The molecule has 0 aliphatic heterocycles. The van der Waals surface area contributed by atoms with E-state index in [2.05, 4.69) is 34.0 Å². The molecule has 7 heteroatoms. The molecular formula is C10H14N4OS2. The van der Waals surface area contributed by atoms with Gasteiger partial charge in [0.2, 0.25) is 4.77 Å². The number of aromatic amines is 2. The highest BCUT2D eigenvalue weighted by molar-refractivity contribution is 7.71. The maximum Gasteiger partial charge on any atom is 0.213 e. The number of aromatic nitrogens is 4. The summed E-state index contributed by atoms with van der Waals surface area (Å²) in [5, 5.41) is 6.71. The van der Waals surface area contributed by atoms with Gasteiger partial charge in [-0.3, -0.25) is 10.2 Å². The van der Waals surface area contributed by atoms with Crippen molar-refractivity contribution >= 4 is 23.6 Å². The minimum absolute atomic E-state index is 0.338. The van der Waals surface area contributed by atoms with Crippen LogP contribution in [0.5, 0.6) is 0 Å². The van der Waals surface area contributed by atoms with Gasteiger partial charge in [0.1, 0.15) is 5.01 Å². The molecule has 5 nitrogen and oxygen atoms in total. The Kier molecular flexibility index (Phi) is 3.70. The third kappa shape index (κ3) is 2.62. The summed E-state index contributed by atoms with van der Waals surface area (Å²) in [4.78, 5) is 9.83. The first-order valence-corrected chi connectivity index (χ1v) is 6.48. The Morgan fingerprint density at radius 3 is 2.65 bits per heavy atom. The van der Waals surface area contributed by atoms with Gasteiger partial charge in [-0.1, -0.05) is 13.8 Å². The van der Waals surface area contributed by atoms with Gasteiger partial charge in [-0.25, -0.2) is 4.98 Å². The van der Waals surface area contributed by atoms with Crippen molar-refractivity contribution in [2.45, 2.75) is 26.4 Å². The third-order valence-corrected chi connectivity index (χ3v) is 3.47. The number of thiazole rings is 1. The highest BCUT2D eigenvalue weighted by Gasteiger charge is 2.17. The van der Waals surface area contributed by atoms with Crippen molar-refractivity contribution in [3.05, 3.63) is 15.5 Å². The molecule has 0 saturated heterocycles. The Morgan fingerprint density at radius 1 is 1.35 bits per heavy atom. The lowest BCUT2D eigenvalue weighted by molar-refractivity contribution is 0.184. The van der Waals surface area contributed by atoms with Crippen molar-refractivity contribution in [2.24, 2.45) is 0 Å². The second-order valence-corrected chi connectivity index (χ2v) is 5.40. The predicted molar refractivity (Wildman–Crippen MR) is 69.7 cm³/mol. The standard InChI is InChI=1S/C10H14N4OS2/c1-5(2)7-8(9-12-10(16)14-13-9)17-6(11-7)4-15-3/h5H,4H2,1-3H3,(H2,12,13,14,16). The lowest BCUT2D eigenvalue weighted by atomic mass is 10.1. The van der Waals surface area contributed by atoms with Gasteiger partial charge in [-0.2, -0.15) is 4.98 Å². The Hall–Kier alpha value is -1.05. The summed E-state index contributed by atoms with van der Waals surface area (Å²) in [5.41, 5.74) is 1.03. The van der Waals surface area contributed by atoms with Gasteiger partial charge in [0.25, 0.3) is 0 Å². The van der Waals surface area contributed by atoms with Crippen LogP contribution < -0.4 is 0 Å². The molecule has 0 spiro atoms. The average molecular weight is 270 g/mol. The molecule has 92 valence electrons. The number of methoxy groups -OCH3 is 1. The van der Waals surface area contributed by atoms with Gasteiger partial charge in [-0.15, -0.1) is 11.3 Å². The number of hydrogen-bond donors (Lipinski definition) is 2. The lowest BCUT2D eigenvalue weighted by Crippen LogP contribution is -1.93. The van der Waals surface area contributed by atoms with E-state index in [1.54, 1.807) is 18.4 Å². The molecule has 2 rings (SSSR count). The molecule has 0 atom stereocenters. The zero-order valence-electron chi connectivity index (χ0n) is 9.90. The predicted octanol–water partition coefficient (Wildman–Crippen LogP) is 2.86. The van der Waals surface area contributed by atoms with E-state index in [1.165, 1.54) is 0 Å². The summed E-state index contributed by atoms with van der Waals surface area (Å²) in [6.45, 7) is 4.74. The molecule has 0 unspecified atom stereocenters. The Bertz CT molecular complexity index is 555. The Morgan fingerprint density at radius 2 is 2.12 bits per heavy atom. The van der Waals surface area contributed by atoms with Crippen LogP contribution in [0.3, 0.4) is 0 Å². The fraction of sp³-hybridized carbons (Fsp3) is 0.500. The Labute approximate surface area is 108 Å². The molecule has 2 aromatic rings. The van der Waals surface area contributed by atoms with Gasteiger partial charge in [0.05, 0.1) is 17.2 Å². The smallest absolute Gasteiger partial charge is 0.213 e. The van der Waals surface area contributed by atoms with Crippen molar-refractivity contribution < 1.29 is 4.74 Å². The maximum absolute atomic E-state index is 5.11. The summed E-state index contributed by atoms with van der Waals surface area (Å²) in [5.74, 6) is 1.09. The molecule has 0 aromatic carbocycles. The molecule has 0 amide bonds. The normalized spacial score (nSPS) is 11.3. The second kappa shape index (κ2) is 5.07. The van der Waals surface area contributed by atoms with Crippen molar-refractivity contribution in [1.82, 2.24) is 20.2 Å². The summed E-state index contributed by atoms with van der Waals surface area (Å²) in [7, 11) is 1.66. The summed E-state index contributed by atoms with van der Waals surface area (Å²) in [6, 6.07) is 0. The Balaban J connectivity index is 2.47. The van der Waals surface area contributed by atoms with Gasteiger partial charge in [0, 0.05) is 7.11 Å². The van der Waals surface area contributed by atoms with Crippen LogP contribution in [-0.2, 0) is 11.3 Å². The van der Waals surface area contributed by atoms with Crippen LogP contribution in [0.4, 0.5) is 0 Å².